The third-order valence-corrected chi connectivity index (χ3v) is 5.99. The molecule has 6 heteroatoms. The van der Waals surface area contributed by atoms with Gasteiger partial charge in [0.15, 0.2) is 0 Å². The highest BCUT2D eigenvalue weighted by Gasteiger charge is 2.56. The van der Waals surface area contributed by atoms with Crippen molar-refractivity contribution in [1.82, 2.24) is 0 Å². The Hall–Kier alpha value is -2.21. The fraction of sp³-hybridized carbons (Fsp3) is 0.235. The quantitative estimate of drug-likeness (QED) is 0.795. The predicted molar refractivity (Wildman–Crippen MR) is 84.7 cm³/mol. The average molecular weight is 331 g/mol. The summed E-state index contributed by atoms with van der Waals surface area (Å²) in [5.74, 6) is -0.679. The molecule has 118 valence electrons. The largest absolute Gasteiger partial charge is 0.306 e. The highest BCUT2D eigenvalue weighted by molar-refractivity contribution is 7.87. The second-order valence-corrected chi connectivity index (χ2v) is 7.50. The van der Waals surface area contributed by atoms with Crippen LogP contribution in [0.15, 0.2) is 54.6 Å². The van der Waals surface area contributed by atoms with Crippen LogP contribution in [0.2, 0.25) is 0 Å². The minimum Gasteiger partial charge on any atom is -0.305 e. The van der Waals surface area contributed by atoms with Gasteiger partial charge in [-0.25, -0.2) is 0 Å². The summed E-state index contributed by atoms with van der Waals surface area (Å²) in [4.78, 5) is 14.5. The van der Waals surface area contributed by atoms with Crippen LogP contribution in [-0.2, 0) is 10.2 Å². The fourth-order valence-electron chi connectivity index (χ4n) is 3.71. The topological polar surface area (TPSA) is 54.5 Å². The smallest absolute Gasteiger partial charge is 0.305 e. The third-order valence-electron chi connectivity index (χ3n) is 4.79. The molecule has 1 heterocycles. The lowest BCUT2D eigenvalue weighted by molar-refractivity contribution is 0.0936. The lowest BCUT2D eigenvalue weighted by Crippen LogP contribution is -2.61. The van der Waals surface area contributed by atoms with Gasteiger partial charge in [-0.05, 0) is 30.2 Å². The molecular formula is C17H14FNO3S. The molecule has 23 heavy (non-hydrogen) atoms. The van der Waals surface area contributed by atoms with E-state index in [4.69, 9.17) is 0 Å². The second kappa shape index (κ2) is 4.89. The van der Waals surface area contributed by atoms with E-state index in [1.807, 2.05) is 18.2 Å². The van der Waals surface area contributed by atoms with Crippen molar-refractivity contribution in [3.05, 3.63) is 65.7 Å². The predicted octanol–water partition coefficient (Wildman–Crippen LogP) is 2.87. The van der Waals surface area contributed by atoms with Crippen molar-refractivity contribution in [3.8, 4) is 0 Å². The average Bonchev–Trinajstić information content (AvgIpc) is 2.49. The number of amides is 1. The molecular weight excluding hydrogens is 317 g/mol. The first kappa shape index (κ1) is 14.4. The number of nitrogens with zero attached hydrogens (tertiary/aromatic N) is 1. The summed E-state index contributed by atoms with van der Waals surface area (Å²) in [7, 11) is -4.64. The van der Waals surface area contributed by atoms with Gasteiger partial charge in [0.2, 0.25) is 0 Å². The molecule has 0 saturated heterocycles. The van der Waals surface area contributed by atoms with Crippen molar-refractivity contribution < 1.29 is 17.1 Å². The van der Waals surface area contributed by atoms with Crippen LogP contribution in [0.5, 0.6) is 0 Å². The molecule has 4 nitrogen and oxygen atoms in total. The first-order valence-corrected chi connectivity index (χ1v) is 8.84. The summed E-state index contributed by atoms with van der Waals surface area (Å²) in [5, 5.41) is -1.08. The summed E-state index contributed by atoms with van der Waals surface area (Å²) < 4.78 is 36.5. The van der Waals surface area contributed by atoms with E-state index in [1.165, 1.54) is 0 Å². The molecule has 0 aromatic heterocycles. The van der Waals surface area contributed by atoms with Gasteiger partial charge in [0, 0.05) is 23.2 Å². The van der Waals surface area contributed by atoms with Crippen LogP contribution in [0, 0.1) is 0 Å². The van der Waals surface area contributed by atoms with Crippen LogP contribution in [0.25, 0.3) is 0 Å². The zero-order valence-electron chi connectivity index (χ0n) is 12.1. The number of anilines is 1. The Labute approximate surface area is 133 Å². The molecule has 0 N–H and O–H groups in total. The highest BCUT2D eigenvalue weighted by Crippen LogP contribution is 2.50. The van der Waals surface area contributed by atoms with E-state index in [9.17, 15) is 17.1 Å². The molecule has 1 amide bonds. The summed E-state index contributed by atoms with van der Waals surface area (Å²) in [6, 6.07) is 15.7. The number of para-hydroxylation sites is 1. The van der Waals surface area contributed by atoms with Gasteiger partial charge in [0.1, 0.15) is 5.25 Å². The van der Waals surface area contributed by atoms with Crippen LogP contribution in [-0.4, -0.2) is 25.6 Å². The van der Waals surface area contributed by atoms with E-state index in [1.54, 1.807) is 41.3 Å². The number of halogens is 1. The molecule has 3 atom stereocenters. The van der Waals surface area contributed by atoms with E-state index in [2.05, 4.69) is 0 Å². The number of fused-ring (bicyclic) bond motifs is 3. The van der Waals surface area contributed by atoms with Crippen LogP contribution >= 0.6 is 0 Å². The number of benzene rings is 2. The SMILES string of the molecule is O=C1c2ccccc2[C@@H]2[C@@H](C[C@H]2S(=O)(=O)F)N1c1ccccc1. The van der Waals surface area contributed by atoms with Gasteiger partial charge >= 0.3 is 10.2 Å². The Morgan fingerprint density at radius 3 is 2.35 bits per heavy atom. The second-order valence-electron chi connectivity index (χ2n) is 5.94. The Kier molecular flexibility index (Phi) is 3.06. The van der Waals surface area contributed by atoms with Crippen molar-refractivity contribution in [2.24, 2.45) is 0 Å². The van der Waals surface area contributed by atoms with Gasteiger partial charge in [-0.1, -0.05) is 36.4 Å². The number of hydrogen-bond acceptors (Lipinski definition) is 3. The summed E-state index contributed by atoms with van der Waals surface area (Å²) in [5.41, 5.74) is 1.79. The van der Waals surface area contributed by atoms with Gasteiger partial charge < -0.3 is 4.90 Å². The van der Waals surface area contributed by atoms with E-state index in [0.29, 0.717) is 16.8 Å². The molecule has 2 aliphatic rings. The number of rotatable bonds is 2. The van der Waals surface area contributed by atoms with Gasteiger partial charge in [-0.15, -0.1) is 3.89 Å². The number of hydrogen-bond donors (Lipinski definition) is 0. The highest BCUT2D eigenvalue weighted by atomic mass is 32.3. The maximum absolute atomic E-state index is 13.6. The maximum Gasteiger partial charge on any atom is 0.306 e. The van der Waals surface area contributed by atoms with Crippen molar-refractivity contribution in [1.29, 1.82) is 0 Å². The van der Waals surface area contributed by atoms with Crippen molar-refractivity contribution in [3.63, 3.8) is 0 Å². The first-order valence-electron chi connectivity index (χ1n) is 7.39. The number of carbonyl (C=O) groups is 1. The summed E-state index contributed by atoms with van der Waals surface area (Å²) in [6.45, 7) is 0. The van der Waals surface area contributed by atoms with E-state index < -0.39 is 21.4 Å². The van der Waals surface area contributed by atoms with E-state index >= 15 is 0 Å². The minimum atomic E-state index is -4.64. The van der Waals surface area contributed by atoms with Crippen LogP contribution < -0.4 is 4.90 Å². The molecule has 0 bridgehead atoms. The summed E-state index contributed by atoms with van der Waals surface area (Å²) >= 11 is 0. The van der Waals surface area contributed by atoms with Crippen molar-refractivity contribution in [2.45, 2.75) is 23.6 Å². The maximum atomic E-state index is 13.6. The summed E-state index contributed by atoms with van der Waals surface area (Å²) in [6.07, 6.45) is 0.123. The Balaban J connectivity index is 1.86. The monoisotopic (exact) mass is 331 g/mol. The standard InChI is InChI=1S/C17H14FNO3S/c18-23(21,22)15-10-14-16(15)12-8-4-5-9-13(12)17(20)19(14)11-6-2-1-3-7-11/h1-9,14-16H,10H2/t14-,15-,16-/m1/s1. The fourth-order valence-corrected chi connectivity index (χ4v) is 4.81. The number of carbonyl (C=O) groups excluding carboxylic acids is 1. The van der Waals surface area contributed by atoms with Gasteiger partial charge in [-0.2, -0.15) is 8.42 Å². The lowest BCUT2D eigenvalue weighted by atomic mass is 9.69. The minimum absolute atomic E-state index is 0.123. The van der Waals surface area contributed by atoms with Crippen LogP contribution in [0.4, 0.5) is 9.57 Å². The van der Waals surface area contributed by atoms with Gasteiger partial charge in [-0.3, -0.25) is 4.79 Å². The van der Waals surface area contributed by atoms with Crippen LogP contribution in [0.3, 0.4) is 0 Å². The van der Waals surface area contributed by atoms with E-state index in [-0.39, 0.29) is 18.4 Å². The normalized spacial score (nSPS) is 26.2. The molecule has 1 fully saturated rings. The molecule has 1 saturated carbocycles. The molecule has 1 aliphatic carbocycles. The van der Waals surface area contributed by atoms with Crippen molar-refractivity contribution >= 4 is 21.8 Å². The molecule has 2 aromatic carbocycles. The lowest BCUT2D eigenvalue weighted by Gasteiger charge is -2.51. The molecule has 1 aliphatic heterocycles. The zero-order chi connectivity index (χ0) is 16.2. The van der Waals surface area contributed by atoms with E-state index in [0.717, 1.165) is 0 Å². The molecule has 0 spiro atoms. The Morgan fingerprint density at radius 1 is 1.00 bits per heavy atom. The Bertz CT molecular complexity index is 882. The Morgan fingerprint density at radius 2 is 1.65 bits per heavy atom. The molecule has 0 radical (unpaired) electrons. The van der Waals surface area contributed by atoms with Crippen LogP contribution in [0.1, 0.15) is 28.3 Å². The molecule has 4 rings (SSSR count). The molecule has 0 unspecified atom stereocenters. The van der Waals surface area contributed by atoms with Gasteiger partial charge in [0.05, 0.1) is 0 Å². The third kappa shape index (κ3) is 2.09. The zero-order valence-corrected chi connectivity index (χ0v) is 12.9. The van der Waals surface area contributed by atoms with Gasteiger partial charge in [0.25, 0.3) is 5.91 Å². The van der Waals surface area contributed by atoms with Crippen molar-refractivity contribution in [2.75, 3.05) is 4.90 Å². The molecule has 2 aromatic rings. The first-order chi connectivity index (χ1) is 11.0.